The summed E-state index contributed by atoms with van der Waals surface area (Å²) in [7, 11) is 0. The summed E-state index contributed by atoms with van der Waals surface area (Å²) < 4.78 is 5.86. The number of urea groups is 1. The molecule has 1 N–H and O–H groups in total. The number of nitrogens with zero attached hydrogens (tertiary/aromatic N) is 4. The Labute approximate surface area is 146 Å². The third-order valence-corrected chi connectivity index (χ3v) is 4.64. The van der Waals surface area contributed by atoms with Crippen LogP contribution in [-0.2, 0) is 6.42 Å². The fraction of sp³-hybridized carbons (Fsp3) is 0.389. The van der Waals surface area contributed by atoms with Crippen LogP contribution in [0.4, 0.5) is 10.6 Å². The van der Waals surface area contributed by atoms with Crippen molar-refractivity contribution in [2.24, 2.45) is 0 Å². The molecule has 0 saturated carbocycles. The van der Waals surface area contributed by atoms with E-state index >= 15 is 0 Å². The number of anilines is 1. The Kier molecular flexibility index (Phi) is 4.37. The minimum atomic E-state index is -0.0293. The van der Waals surface area contributed by atoms with Gasteiger partial charge < -0.3 is 19.9 Å². The highest BCUT2D eigenvalue weighted by molar-refractivity contribution is 5.74. The molecule has 1 aromatic heterocycles. The Morgan fingerprint density at radius 2 is 2.04 bits per heavy atom. The van der Waals surface area contributed by atoms with Crippen LogP contribution < -0.4 is 15.0 Å². The molecule has 1 aromatic carbocycles. The van der Waals surface area contributed by atoms with Gasteiger partial charge in [0.2, 0.25) is 0 Å². The minimum Gasteiger partial charge on any atom is -0.488 e. The predicted molar refractivity (Wildman–Crippen MR) is 93.8 cm³/mol. The number of rotatable bonds is 3. The van der Waals surface area contributed by atoms with Crippen LogP contribution in [0.3, 0.4) is 0 Å². The molecular weight excluding hydrogens is 318 g/mol. The number of hydrogen-bond donors (Lipinski definition) is 1. The number of hydrogen-bond acceptors (Lipinski definition) is 5. The van der Waals surface area contributed by atoms with E-state index in [0.717, 1.165) is 31.1 Å². The predicted octanol–water partition coefficient (Wildman–Crippen LogP) is 1.31. The molecule has 0 spiro atoms. The Morgan fingerprint density at radius 1 is 1.20 bits per heavy atom. The molecule has 130 valence electrons. The number of aromatic nitrogens is 2. The van der Waals surface area contributed by atoms with E-state index in [1.54, 1.807) is 18.6 Å². The fourth-order valence-corrected chi connectivity index (χ4v) is 3.27. The number of benzene rings is 1. The molecule has 2 aromatic rings. The molecular formula is C18H21N5O2. The molecule has 2 amide bonds. The van der Waals surface area contributed by atoms with E-state index in [-0.39, 0.29) is 12.1 Å². The Morgan fingerprint density at radius 3 is 2.80 bits per heavy atom. The number of nitrogens with one attached hydrogen (secondary N) is 1. The molecule has 1 atom stereocenters. The molecule has 1 saturated heterocycles. The van der Waals surface area contributed by atoms with E-state index in [1.807, 2.05) is 23.1 Å². The van der Waals surface area contributed by atoms with Crippen molar-refractivity contribution in [2.45, 2.75) is 12.5 Å². The average molecular weight is 339 g/mol. The lowest BCUT2D eigenvalue weighted by atomic mass is 10.1. The highest BCUT2D eigenvalue weighted by Crippen LogP contribution is 2.27. The molecule has 0 unspecified atom stereocenters. The van der Waals surface area contributed by atoms with Crippen LogP contribution in [0.1, 0.15) is 5.56 Å². The number of fused-ring (bicyclic) bond motifs is 1. The quantitative estimate of drug-likeness (QED) is 0.913. The third-order valence-electron chi connectivity index (χ3n) is 4.64. The zero-order valence-corrected chi connectivity index (χ0v) is 14.0. The van der Waals surface area contributed by atoms with Crippen molar-refractivity contribution in [1.29, 1.82) is 0 Å². The highest BCUT2D eigenvalue weighted by Gasteiger charge is 2.25. The van der Waals surface area contributed by atoms with Crippen LogP contribution in [-0.4, -0.2) is 59.7 Å². The first kappa shape index (κ1) is 15.7. The molecule has 0 radical (unpaired) electrons. The van der Waals surface area contributed by atoms with E-state index in [0.29, 0.717) is 19.6 Å². The first-order valence-electron chi connectivity index (χ1n) is 8.58. The van der Waals surface area contributed by atoms with Crippen LogP contribution in [0.25, 0.3) is 0 Å². The summed E-state index contributed by atoms with van der Waals surface area (Å²) in [5, 5.41) is 3.00. The van der Waals surface area contributed by atoms with Gasteiger partial charge in [-0.2, -0.15) is 0 Å². The van der Waals surface area contributed by atoms with Crippen LogP contribution in [0.5, 0.6) is 5.75 Å². The second-order valence-electron chi connectivity index (χ2n) is 6.28. The maximum Gasteiger partial charge on any atom is 0.317 e. The maximum atomic E-state index is 12.4. The number of carbonyl (C=O) groups excluding carboxylic acids is 1. The van der Waals surface area contributed by atoms with Gasteiger partial charge in [0.15, 0.2) is 0 Å². The molecule has 2 aliphatic heterocycles. The lowest BCUT2D eigenvalue weighted by Crippen LogP contribution is -2.53. The number of carbonyl (C=O) groups is 1. The molecule has 4 rings (SSSR count). The lowest BCUT2D eigenvalue weighted by molar-refractivity contribution is 0.182. The van der Waals surface area contributed by atoms with E-state index in [2.05, 4.69) is 26.3 Å². The van der Waals surface area contributed by atoms with Gasteiger partial charge in [-0.25, -0.2) is 9.78 Å². The van der Waals surface area contributed by atoms with Crippen molar-refractivity contribution in [3.05, 3.63) is 48.4 Å². The Hall–Kier alpha value is -2.83. The van der Waals surface area contributed by atoms with Crippen molar-refractivity contribution in [3.63, 3.8) is 0 Å². The largest absolute Gasteiger partial charge is 0.488 e. The normalized spacial score (nSPS) is 19.3. The first-order valence-corrected chi connectivity index (χ1v) is 8.58. The molecule has 1 fully saturated rings. The van der Waals surface area contributed by atoms with Gasteiger partial charge in [-0.15, -0.1) is 0 Å². The van der Waals surface area contributed by atoms with Gasteiger partial charge in [-0.05, 0) is 11.6 Å². The van der Waals surface area contributed by atoms with Crippen molar-refractivity contribution in [3.8, 4) is 5.75 Å². The second-order valence-corrected chi connectivity index (χ2v) is 6.28. The number of para-hydroxylation sites is 1. The molecule has 0 bridgehead atoms. The van der Waals surface area contributed by atoms with Crippen LogP contribution in [0.15, 0.2) is 42.9 Å². The summed E-state index contributed by atoms with van der Waals surface area (Å²) >= 11 is 0. The second kappa shape index (κ2) is 6.96. The summed E-state index contributed by atoms with van der Waals surface area (Å²) in [5.41, 5.74) is 1.21. The van der Waals surface area contributed by atoms with Gasteiger partial charge in [0.05, 0.1) is 12.7 Å². The highest BCUT2D eigenvalue weighted by atomic mass is 16.5. The molecule has 2 aliphatic rings. The minimum absolute atomic E-state index is 0.0160. The van der Waals surface area contributed by atoms with E-state index < -0.39 is 0 Å². The van der Waals surface area contributed by atoms with Gasteiger partial charge in [-0.1, -0.05) is 18.2 Å². The van der Waals surface area contributed by atoms with Crippen molar-refractivity contribution in [2.75, 3.05) is 37.6 Å². The Bertz CT molecular complexity index is 706. The Balaban J connectivity index is 1.24. The monoisotopic (exact) mass is 339 g/mol. The summed E-state index contributed by atoms with van der Waals surface area (Å²) in [5.74, 6) is 1.79. The molecule has 25 heavy (non-hydrogen) atoms. The summed E-state index contributed by atoms with van der Waals surface area (Å²) in [6.45, 7) is 3.40. The van der Waals surface area contributed by atoms with Crippen molar-refractivity contribution in [1.82, 2.24) is 20.2 Å². The third kappa shape index (κ3) is 3.50. The van der Waals surface area contributed by atoms with E-state index in [1.165, 1.54) is 5.56 Å². The van der Waals surface area contributed by atoms with Gasteiger partial charge in [-0.3, -0.25) is 4.98 Å². The standard InChI is InChI=1S/C18H21N5O2/c24-18(21-12-15-11-14-3-1-2-4-16(14)25-15)23-9-7-22(8-10-23)17-13-19-5-6-20-17/h1-6,13,15H,7-12H2,(H,21,24)/t15-/m0/s1. The first-order chi connectivity index (χ1) is 12.3. The van der Waals surface area contributed by atoms with Gasteiger partial charge >= 0.3 is 6.03 Å². The fourth-order valence-electron chi connectivity index (χ4n) is 3.27. The number of amides is 2. The van der Waals surface area contributed by atoms with Crippen LogP contribution >= 0.6 is 0 Å². The van der Waals surface area contributed by atoms with Crippen LogP contribution in [0.2, 0.25) is 0 Å². The topological polar surface area (TPSA) is 70.6 Å². The molecule has 0 aliphatic carbocycles. The van der Waals surface area contributed by atoms with Gasteiger partial charge in [0.25, 0.3) is 0 Å². The molecule has 7 nitrogen and oxygen atoms in total. The number of piperazine rings is 1. The summed E-state index contributed by atoms with van der Waals surface area (Å²) in [4.78, 5) is 24.8. The van der Waals surface area contributed by atoms with Gasteiger partial charge in [0.1, 0.15) is 17.7 Å². The smallest absolute Gasteiger partial charge is 0.317 e. The lowest BCUT2D eigenvalue weighted by Gasteiger charge is -2.35. The zero-order valence-electron chi connectivity index (χ0n) is 14.0. The molecule has 7 heteroatoms. The number of ether oxygens (including phenoxy) is 1. The molecule has 3 heterocycles. The maximum absolute atomic E-state index is 12.4. The van der Waals surface area contributed by atoms with Crippen LogP contribution in [0, 0.1) is 0 Å². The van der Waals surface area contributed by atoms with E-state index in [4.69, 9.17) is 4.74 Å². The van der Waals surface area contributed by atoms with Crippen molar-refractivity contribution < 1.29 is 9.53 Å². The van der Waals surface area contributed by atoms with Crippen molar-refractivity contribution >= 4 is 11.8 Å². The zero-order chi connectivity index (χ0) is 17.1. The van der Waals surface area contributed by atoms with E-state index in [9.17, 15) is 4.79 Å². The summed E-state index contributed by atoms with van der Waals surface area (Å²) in [6, 6.07) is 8.00. The summed E-state index contributed by atoms with van der Waals surface area (Å²) in [6.07, 6.45) is 5.97. The van der Waals surface area contributed by atoms with Gasteiger partial charge in [0, 0.05) is 45.0 Å². The average Bonchev–Trinajstić information content (AvgIpc) is 3.10. The SMILES string of the molecule is O=C(NC[C@@H]1Cc2ccccc2O1)N1CCN(c2cnccn2)CC1.